The number of amides is 1. The normalized spacial score (nSPS) is 11.2. The monoisotopic (exact) mass is 355 g/mol. The van der Waals surface area contributed by atoms with Gasteiger partial charge in [0.2, 0.25) is 5.91 Å². The van der Waals surface area contributed by atoms with Crippen molar-refractivity contribution in [2.75, 3.05) is 18.5 Å². The van der Waals surface area contributed by atoms with E-state index in [1.54, 1.807) is 24.3 Å². The molecule has 0 aliphatic rings. The Morgan fingerprint density at radius 3 is 2.68 bits per heavy atom. The van der Waals surface area contributed by atoms with Gasteiger partial charge < -0.3 is 20.4 Å². The number of nitrogens with zero attached hydrogens (tertiary/aromatic N) is 1. The lowest BCUT2D eigenvalue weighted by Crippen LogP contribution is -2.31. The number of carbonyl (C=O) groups excluding carboxylic acids is 1. The first-order chi connectivity index (χ1) is 11.8. The summed E-state index contributed by atoms with van der Waals surface area (Å²) in [5.41, 5.74) is 3.13. The molecular weight excluding hydrogens is 339 g/mol. The number of benzene rings is 1. The van der Waals surface area contributed by atoms with E-state index in [1.165, 1.54) is 0 Å². The lowest BCUT2D eigenvalue weighted by Gasteiger charge is -2.11. The molecule has 2 rings (SSSR count). The fourth-order valence-electron chi connectivity index (χ4n) is 2.07. The number of hydrogen-bond donors (Lipinski definition) is 2. The lowest BCUT2D eigenvalue weighted by molar-refractivity contribution is -0.139. The fraction of sp³-hybridized carbons (Fsp3) is 0.250. The molecule has 0 aliphatic carbocycles. The van der Waals surface area contributed by atoms with Crippen LogP contribution in [0.5, 0.6) is 5.75 Å². The molecule has 25 heavy (non-hydrogen) atoms. The first-order valence-corrected chi connectivity index (χ1v) is 7.30. The number of aromatic nitrogens is 1. The van der Waals surface area contributed by atoms with Gasteiger partial charge in [-0.3, -0.25) is 9.59 Å². The van der Waals surface area contributed by atoms with Gasteiger partial charge in [0.1, 0.15) is 24.5 Å². The molecule has 0 aliphatic heterocycles. The minimum atomic E-state index is -4.77. The van der Waals surface area contributed by atoms with Crippen LogP contribution in [0.1, 0.15) is 5.56 Å². The minimum Gasteiger partial charge on any atom is -0.492 e. The summed E-state index contributed by atoms with van der Waals surface area (Å²) in [4.78, 5) is 23.8. The highest BCUT2D eigenvalue weighted by atomic mass is 19.4. The summed E-state index contributed by atoms with van der Waals surface area (Å²) in [6.07, 6.45) is -3.65. The number of carbonyl (C=O) groups is 1. The molecule has 0 atom stereocenters. The summed E-state index contributed by atoms with van der Waals surface area (Å²) in [6, 6.07) is 8.18. The van der Waals surface area contributed by atoms with Crippen molar-refractivity contribution in [3.8, 4) is 5.75 Å². The van der Waals surface area contributed by atoms with Gasteiger partial charge in [-0.05, 0) is 24.3 Å². The topological polar surface area (TPSA) is 86.3 Å². The number of ether oxygens (including phenoxy) is 1. The van der Waals surface area contributed by atoms with Crippen molar-refractivity contribution >= 4 is 11.6 Å². The Morgan fingerprint density at radius 1 is 1.24 bits per heavy atom. The second kappa shape index (κ2) is 7.84. The Morgan fingerprint density at radius 2 is 2.00 bits per heavy atom. The zero-order valence-corrected chi connectivity index (χ0v) is 13.0. The van der Waals surface area contributed by atoms with Crippen molar-refractivity contribution in [2.45, 2.75) is 12.7 Å². The minimum absolute atomic E-state index is 0.303. The molecule has 0 spiro atoms. The molecule has 134 valence electrons. The van der Waals surface area contributed by atoms with Crippen molar-refractivity contribution in [1.82, 2.24) is 4.57 Å². The Hall–Kier alpha value is -2.81. The van der Waals surface area contributed by atoms with E-state index in [2.05, 4.69) is 5.32 Å². The molecule has 6 nitrogen and oxygen atoms in total. The van der Waals surface area contributed by atoms with Gasteiger partial charge >= 0.3 is 6.18 Å². The fourth-order valence-corrected chi connectivity index (χ4v) is 2.07. The third-order valence-corrected chi connectivity index (χ3v) is 3.14. The van der Waals surface area contributed by atoms with Crippen LogP contribution in [0.2, 0.25) is 0 Å². The number of pyridine rings is 1. The maximum Gasteiger partial charge on any atom is 0.421 e. The number of alkyl halides is 3. The van der Waals surface area contributed by atoms with E-state index >= 15 is 0 Å². The highest BCUT2D eigenvalue weighted by Crippen LogP contribution is 2.26. The number of halogens is 3. The standard InChI is InChI=1S/C16H16F3N3O3/c17-16(18,19)13-5-2-7-22(15(13)24)10-14(23)21-11-3-1-4-12(9-11)25-8-6-20/h1-5,7,9H,6,8,10,20H2,(H,21,23). The molecule has 0 fully saturated rings. The SMILES string of the molecule is NCCOc1cccc(NC(=O)Cn2cccc(C(F)(F)F)c2=O)c1. The molecular formula is C16H16F3N3O3. The molecule has 0 bridgehead atoms. The predicted molar refractivity (Wildman–Crippen MR) is 85.3 cm³/mol. The molecule has 1 amide bonds. The first-order valence-electron chi connectivity index (χ1n) is 7.30. The van der Waals surface area contributed by atoms with Gasteiger partial charge in [0.15, 0.2) is 0 Å². The number of hydrogen-bond acceptors (Lipinski definition) is 4. The van der Waals surface area contributed by atoms with Crippen molar-refractivity contribution in [1.29, 1.82) is 0 Å². The molecule has 0 radical (unpaired) electrons. The first kappa shape index (κ1) is 18.5. The highest BCUT2D eigenvalue weighted by molar-refractivity contribution is 5.90. The van der Waals surface area contributed by atoms with E-state index in [4.69, 9.17) is 10.5 Å². The molecule has 2 aromatic rings. The lowest BCUT2D eigenvalue weighted by atomic mass is 10.2. The second-order valence-electron chi connectivity index (χ2n) is 5.07. The quantitative estimate of drug-likeness (QED) is 0.828. The molecule has 3 N–H and O–H groups in total. The average molecular weight is 355 g/mol. The highest BCUT2D eigenvalue weighted by Gasteiger charge is 2.34. The maximum absolute atomic E-state index is 12.7. The van der Waals surface area contributed by atoms with Crippen LogP contribution in [-0.4, -0.2) is 23.6 Å². The van der Waals surface area contributed by atoms with Gasteiger partial charge in [0, 0.05) is 24.5 Å². The Balaban J connectivity index is 2.10. The third-order valence-electron chi connectivity index (χ3n) is 3.14. The Kier molecular flexibility index (Phi) is 5.81. The van der Waals surface area contributed by atoms with E-state index in [-0.39, 0.29) is 0 Å². The van der Waals surface area contributed by atoms with Crippen LogP contribution in [0.3, 0.4) is 0 Å². The molecule has 0 unspecified atom stereocenters. The van der Waals surface area contributed by atoms with E-state index in [0.717, 1.165) is 12.3 Å². The summed E-state index contributed by atoms with van der Waals surface area (Å²) in [7, 11) is 0. The summed E-state index contributed by atoms with van der Waals surface area (Å²) in [5, 5.41) is 2.50. The average Bonchev–Trinajstić information content (AvgIpc) is 2.54. The number of rotatable bonds is 6. The molecule has 1 heterocycles. The number of nitrogens with two attached hydrogens (primary N) is 1. The number of anilines is 1. The Bertz CT molecular complexity index is 803. The van der Waals surface area contributed by atoms with E-state index in [0.29, 0.717) is 35.2 Å². The van der Waals surface area contributed by atoms with Gasteiger partial charge in [-0.2, -0.15) is 13.2 Å². The van der Waals surface area contributed by atoms with Crippen molar-refractivity contribution < 1.29 is 22.7 Å². The van der Waals surface area contributed by atoms with Crippen LogP contribution in [-0.2, 0) is 17.5 Å². The van der Waals surface area contributed by atoms with E-state index in [9.17, 15) is 22.8 Å². The summed E-state index contributed by atoms with van der Waals surface area (Å²) < 4.78 is 44.2. The van der Waals surface area contributed by atoms with E-state index in [1.807, 2.05) is 0 Å². The van der Waals surface area contributed by atoms with Gasteiger partial charge in [-0.15, -0.1) is 0 Å². The maximum atomic E-state index is 12.7. The van der Waals surface area contributed by atoms with E-state index < -0.39 is 29.8 Å². The van der Waals surface area contributed by atoms with Gasteiger partial charge in [-0.25, -0.2) is 0 Å². The van der Waals surface area contributed by atoms with Crippen LogP contribution in [0, 0.1) is 0 Å². The summed E-state index contributed by atoms with van der Waals surface area (Å²) in [5.74, 6) is -0.156. The summed E-state index contributed by atoms with van der Waals surface area (Å²) >= 11 is 0. The predicted octanol–water partition coefficient (Wildman–Crippen LogP) is 1.84. The van der Waals surface area contributed by atoms with Crippen molar-refractivity contribution in [3.63, 3.8) is 0 Å². The van der Waals surface area contributed by atoms with Crippen LogP contribution < -0.4 is 21.3 Å². The summed E-state index contributed by atoms with van der Waals surface area (Å²) in [6.45, 7) is 0.0860. The van der Waals surface area contributed by atoms with Gasteiger partial charge in [0.25, 0.3) is 5.56 Å². The molecule has 1 aromatic heterocycles. The third kappa shape index (κ3) is 5.08. The molecule has 9 heteroatoms. The van der Waals surface area contributed by atoms with Crippen LogP contribution in [0.25, 0.3) is 0 Å². The van der Waals surface area contributed by atoms with Gasteiger partial charge in [-0.1, -0.05) is 6.07 Å². The largest absolute Gasteiger partial charge is 0.492 e. The smallest absolute Gasteiger partial charge is 0.421 e. The van der Waals surface area contributed by atoms with Crippen LogP contribution >= 0.6 is 0 Å². The van der Waals surface area contributed by atoms with Gasteiger partial charge in [0.05, 0.1) is 0 Å². The zero-order valence-electron chi connectivity index (χ0n) is 13.0. The molecule has 0 saturated carbocycles. The number of nitrogens with one attached hydrogen (secondary N) is 1. The molecule has 1 aromatic carbocycles. The van der Waals surface area contributed by atoms with Crippen LogP contribution in [0.15, 0.2) is 47.4 Å². The van der Waals surface area contributed by atoms with Crippen molar-refractivity contribution in [3.05, 3.63) is 58.5 Å². The van der Waals surface area contributed by atoms with Crippen LogP contribution in [0.4, 0.5) is 18.9 Å². The zero-order chi connectivity index (χ0) is 18.4. The van der Waals surface area contributed by atoms with Crippen molar-refractivity contribution in [2.24, 2.45) is 5.73 Å². The molecule has 0 saturated heterocycles. The second-order valence-corrected chi connectivity index (χ2v) is 5.07. The Labute approximate surface area is 141 Å².